The Balaban J connectivity index is 2.43. The summed E-state index contributed by atoms with van der Waals surface area (Å²) in [5.74, 6) is -1.12. The van der Waals surface area contributed by atoms with Gasteiger partial charge in [-0.2, -0.15) is 0 Å². The summed E-state index contributed by atoms with van der Waals surface area (Å²) in [6.07, 6.45) is 0. The molecule has 2 aromatic rings. The largest absolute Gasteiger partial charge is 0.427 e. The predicted octanol–water partition coefficient (Wildman–Crippen LogP) is 2.26. The summed E-state index contributed by atoms with van der Waals surface area (Å²) in [5.41, 5.74) is -0.240. The van der Waals surface area contributed by atoms with Gasteiger partial charge in [-0.1, -0.05) is 0 Å². The summed E-state index contributed by atoms with van der Waals surface area (Å²) in [6.45, 7) is 2.29. The smallest absolute Gasteiger partial charge is 0.308 e. The zero-order valence-electron chi connectivity index (χ0n) is 13.8. The number of nitro groups is 1. The Hall–Kier alpha value is -3.27. The van der Waals surface area contributed by atoms with E-state index in [9.17, 15) is 28.1 Å². The Morgan fingerprint density at radius 1 is 1.00 bits per heavy atom. The Bertz CT molecular complexity index is 951. The molecule has 26 heavy (non-hydrogen) atoms. The standard InChI is InChI=1S/C16H14N2O7S/c1-11(19)17(13-3-7-15(8-4-13)25-12(2)20)26(23,24)16-9-5-14(6-10-16)18(21)22/h3-10H,1-2H3. The fraction of sp³-hybridized carbons (Fsp3) is 0.125. The minimum atomic E-state index is -4.28. The van der Waals surface area contributed by atoms with Gasteiger partial charge in [0.25, 0.3) is 15.7 Å². The van der Waals surface area contributed by atoms with Crippen molar-refractivity contribution in [1.29, 1.82) is 0 Å². The summed E-state index contributed by atoms with van der Waals surface area (Å²) in [6, 6.07) is 9.48. The molecule has 2 rings (SSSR count). The molecule has 1 amide bonds. The van der Waals surface area contributed by atoms with Crippen LogP contribution >= 0.6 is 0 Å². The van der Waals surface area contributed by atoms with Crippen LogP contribution in [-0.2, 0) is 19.6 Å². The molecule has 9 nitrogen and oxygen atoms in total. The van der Waals surface area contributed by atoms with Crippen LogP contribution in [0.3, 0.4) is 0 Å². The predicted molar refractivity (Wildman–Crippen MR) is 91.2 cm³/mol. The molecule has 2 aromatic carbocycles. The minimum absolute atomic E-state index is 0.0340. The Morgan fingerprint density at radius 3 is 1.96 bits per heavy atom. The van der Waals surface area contributed by atoms with E-state index in [4.69, 9.17) is 4.74 Å². The molecule has 0 bridgehead atoms. The number of ether oxygens (including phenoxy) is 1. The van der Waals surface area contributed by atoms with Crippen molar-refractivity contribution in [3.8, 4) is 5.75 Å². The van der Waals surface area contributed by atoms with Gasteiger partial charge < -0.3 is 4.74 Å². The second-order valence-corrected chi connectivity index (χ2v) is 6.91. The van der Waals surface area contributed by atoms with Crippen LogP contribution in [-0.4, -0.2) is 25.2 Å². The number of non-ortho nitro benzene ring substituents is 1. The monoisotopic (exact) mass is 378 g/mol. The molecule has 0 aromatic heterocycles. The van der Waals surface area contributed by atoms with Gasteiger partial charge >= 0.3 is 5.97 Å². The fourth-order valence-electron chi connectivity index (χ4n) is 2.15. The molecular formula is C16H14N2O7S. The van der Waals surface area contributed by atoms with E-state index < -0.39 is 26.8 Å². The highest BCUT2D eigenvalue weighted by Gasteiger charge is 2.29. The molecule has 0 aliphatic rings. The summed E-state index contributed by atoms with van der Waals surface area (Å²) in [7, 11) is -4.28. The van der Waals surface area contributed by atoms with Crippen molar-refractivity contribution in [2.24, 2.45) is 0 Å². The third-order valence-electron chi connectivity index (χ3n) is 3.20. The maximum absolute atomic E-state index is 12.8. The van der Waals surface area contributed by atoms with Crippen molar-refractivity contribution < 1.29 is 27.7 Å². The number of carbonyl (C=O) groups excluding carboxylic acids is 2. The number of nitrogens with zero attached hydrogens (tertiary/aromatic N) is 2. The molecule has 0 atom stereocenters. The summed E-state index contributed by atoms with van der Waals surface area (Å²) >= 11 is 0. The molecule has 0 radical (unpaired) electrons. The fourth-order valence-corrected chi connectivity index (χ4v) is 3.58. The third kappa shape index (κ3) is 4.03. The van der Waals surface area contributed by atoms with E-state index in [0.29, 0.717) is 4.31 Å². The van der Waals surface area contributed by atoms with Gasteiger partial charge in [-0.3, -0.25) is 19.7 Å². The van der Waals surface area contributed by atoms with Gasteiger partial charge in [0.2, 0.25) is 5.91 Å². The van der Waals surface area contributed by atoms with Crippen molar-refractivity contribution in [2.45, 2.75) is 18.7 Å². The molecule has 0 N–H and O–H groups in total. The number of rotatable bonds is 5. The van der Waals surface area contributed by atoms with Crippen LogP contribution in [0, 0.1) is 10.1 Å². The molecule has 10 heteroatoms. The van der Waals surface area contributed by atoms with Crippen molar-refractivity contribution in [3.63, 3.8) is 0 Å². The van der Waals surface area contributed by atoms with Crippen LogP contribution in [0.4, 0.5) is 11.4 Å². The first-order chi connectivity index (χ1) is 12.1. The minimum Gasteiger partial charge on any atom is -0.427 e. The number of hydrogen-bond donors (Lipinski definition) is 0. The lowest BCUT2D eigenvalue weighted by Crippen LogP contribution is -2.35. The van der Waals surface area contributed by atoms with E-state index in [2.05, 4.69) is 0 Å². The van der Waals surface area contributed by atoms with Crippen molar-refractivity contribution in [2.75, 3.05) is 4.31 Å². The first-order valence-corrected chi connectivity index (χ1v) is 8.66. The average Bonchev–Trinajstić information content (AvgIpc) is 2.55. The number of benzene rings is 2. The number of nitro benzene ring substituents is 1. The molecule has 0 saturated carbocycles. The molecule has 0 saturated heterocycles. The van der Waals surface area contributed by atoms with Gasteiger partial charge in [-0.15, -0.1) is 0 Å². The van der Waals surface area contributed by atoms with Crippen LogP contribution < -0.4 is 9.04 Å². The maximum atomic E-state index is 12.8. The van der Waals surface area contributed by atoms with Gasteiger partial charge in [0.05, 0.1) is 15.5 Å². The van der Waals surface area contributed by atoms with Crippen LogP contribution in [0.5, 0.6) is 5.75 Å². The van der Waals surface area contributed by atoms with Gasteiger partial charge in [0, 0.05) is 26.0 Å². The normalized spacial score (nSPS) is 10.8. The molecule has 0 heterocycles. The number of hydrogen-bond acceptors (Lipinski definition) is 7. The first-order valence-electron chi connectivity index (χ1n) is 7.22. The Morgan fingerprint density at radius 2 is 1.54 bits per heavy atom. The zero-order valence-corrected chi connectivity index (χ0v) is 14.6. The molecule has 0 unspecified atom stereocenters. The molecular weight excluding hydrogens is 364 g/mol. The molecule has 136 valence electrons. The number of carbonyl (C=O) groups is 2. The second kappa shape index (κ2) is 7.31. The first kappa shape index (κ1) is 19.1. The maximum Gasteiger partial charge on any atom is 0.308 e. The second-order valence-electron chi connectivity index (χ2n) is 5.13. The topological polar surface area (TPSA) is 124 Å². The summed E-state index contributed by atoms with van der Waals surface area (Å²) in [5, 5.41) is 10.7. The van der Waals surface area contributed by atoms with E-state index >= 15 is 0 Å². The number of amides is 1. The van der Waals surface area contributed by atoms with Gasteiger partial charge in [-0.25, -0.2) is 12.7 Å². The van der Waals surface area contributed by atoms with Gasteiger partial charge in [-0.05, 0) is 36.4 Å². The third-order valence-corrected chi connectivity index (χ3v) is 5.02. The lowest BCUT2D eigenvalue weighted by Gasteiger charge is -2.21. The van der Waals surface area contributed by atoms with E-state index in [-0.39, 0.29) is 22.0 Å². The Labute approximate surface area is 149 Å². The van der Waals surface area contributed by atoms with E-state index in [1.54, 1.807) is 0 Å². The Kier molecular flexibility index (Phi) is 5.36. The van der Waals surface area contributed by atoms with Crippen LogP contribution in [0.2, 0.25) is 0 Å². The zero-order chi connectivity index (χ0) is 19.5. The lowest BCUT2D eigenvalue weighted by molar-refractivity contribution is -0.384. The summed E-state index contributed by atoms with van der Waals surface area (Å²) in [4.78, 5) is 32.6. The van der Waals surface area contributed by atoms with Gasteiger partial charge in [0.1, 0.15) is 5.75 Å². The quantitative estimate of drug-likeness (QED) is 0.338. The average molecular weight is 378 g/mol. The van der Waals surface area contributed by atoms with Crippen LogP contribution in [0.15, 0.2) is 53.4 Å². The van der Waals surface area contributed by atoms with E-state index in [1.807, 2.05) is 0 Å². The van der Waals surface area contributed by atoms with E-state index in [1.165, 1.54) is 31.2 Å². The number of sulfonamides is 1. The van der Waals surface area contributed by atoms with E-state index in [0.717, 1.165) is 31.2 Å². The van der Waals surface area contributed by atoms with Crippen LogP contribution in [0.1, 0.15) is 13.8 Å². The highest BCUT2D eigenvalue weighted by Crippen LogP contribution is 2.27. The van der Waals surface area contributed by atoms with Crippen LogP contribution in [0.25, 0.3) is 0 Å². The highest BCUT2D eigenvalue weighted by atomic mass is 32.2. The molecule has 0 spiro atoms. The summed E-state index contributed by atoms with van der Waals surface area (Å²) < 4.78 is 31.0. The van der Waals surface area contributed by atoms with Gasteiger partial charge in [0.15, 0.2) is 0 Å². The van der Waals surface area contributed by atoms with Crippen molar-refractivity contribution >= 4 is 33.3 Å². The van der Waals surface area contributed by atoms with Crippen molar-refractivity contribution in [1.82, 2.24) is 0 Å². The molecule has 0 fully saturated rings. The highest BCUT2D eigenvalue weighted by molar-refractivity contribution is 7.93. The lowest BCUT2D eigenvalue weighted by atomic mass is 10.3. The number of anilines is 1. The molecule has 0 aliphatic heterocycles. The number of esters is 1. The molecule has 0 aliphatic carbocycles. The SMILES string of the molecule is CC(=O)Oc1ccc(N(C(C)=O)S(=O)(=O)c2ccc([N+](=O)[O-])cc2)cc1. The van der Waals surface area contributed by atoms with Crippen molar-refractivity contribution in [3.05, 3.63) is 58.6 Å².